The Kier molecular flexibility index (Phi) is 16.1. The Bertz CT molecular complexity index is 2020. The molecule has 0 radical (unpaired) electrons. The van der Waals surface area contributed by atoms with Crippen molar-refractivity contribution in [2.75, 3.05) is 13.7 Å². The van der Waals surface area contributed by atoms with Crippen LogP contribution in [0.1, 0.15) is 177 Å². The van der Waals surface area contributed by atoms with Crippen LogP contribution in [0.3, 0.4) is 0 Å². The van der Waals surface area contributed by atoms with Gasteiger partial charge in [0.15, 0.2) is 0 Å². The van der Waals surface area contributed by atoms with Crippen LogP contribution in [-0.2, 0) is 38.1 Å². The number of carbonyl (C=O) groups excluding carboxylic acids is 5. The largest absolute Gasteiger partial charge is 0.469 e. The Balaban J connectivity index is 0.000000174. The molecular weight excluding hydrogens is 825 g/mol. The topological polar surface area (TPSA) is 152 Å². The smallest absolute Gasteiger partial charge is 0.339 e. The van der Waals surface area contributed by atoms with E-state index >= 15 is 0 Å². The van der Waals surface area contributed by atoms with Crippen molar-refractivity contribution in [1.82, 2.24) is 0 Å². The molecule has 1 saturated heterocycles. The molecule has 6 bridgehead atoms. The second-order valence-electron chi connectivity index (χ2n) is 23.0. The Morgan fingerprint density at radius 1 is 0.708 bits per heavy atom. The van der Waals surface area contributed by atoms with E-state index in [0.717, 1.165) is 51.0 Å². The Hall–Kier alpha value is -3.99. The number of carbonyl (C=O) groups is 5. The summed E-state index contributed by atoms with van der Waals surface area (Å²) in [5.74, 6) is 3.17. The van der Waals surface area contributed by atoms with E-state index in [-0.39, 0.29) is 34.9 Å². The van der Waals surface area contributed by atoms with E-state index in [1.165, 1.54) is 39.2 Å². The van der Waals surface area contributed by atoms with Crippen LogP contribution in [0.4, 0.5) is 0 Å². The summed E-state index contributed by atoms with van der Waals surface area (Å²) >= 11 is 0. The Labute approximate surface area is 388 Å². The number of benzene rings is 2. The average molecular weight is 905 g/mol. The lowest BCUT2D eigenvalue weighted by molar-refractivity contribution is -0.225. The lowest BCUT2D eigenvalue weighted by Crippen LogP contribution is -2.61. The number of hydrogen-bond acceptors (Lipinski definition) is 11. The fourth-order valence-electron chi connectivity index (χ4n) is 10.9. The van der Waals surface area contributed by atoms with E-state index in [1.54, 1.807) is 24.3 Å². The first-order valence-electron chi connectivity index (χ1n) is 24.4. The highest BCUT2D eigenvalue weighted by molar-refractivity contribution is 6.06. The van der Waals surface area contributed by atoms with Gasteiger partial charge in [-0.2, -0.15) is 0 Å². The number of cyclic esters (lactones) is 1. The third-order valence-electron chi connectivity index (χ3n) is 15.6. The summed E-state index contributed by atoms with van der Waals surface area (Å²) in [6.07, 6.45) is 13.2. The number of fused-ring (bicyclic) bond motifs is 3. The molecule has 7 saturated carbocycles. The number of hydrogen-bond donors (Lipinski definition) is 1. The van der Waals surface area contributed by atoms with E-state index < -0.39 is 28.0 Å². The SMILES string of the molecule is CCC(C)(C)C(=O)OC.CCC(C)(C)C(=O)OC12CC3CC(CC(O)(C3)C1)C2.CCC(C)(C)C(=O)Oc1cccc2c(C(=O)OC(C)(C)C)cccc12.O=C1OCC2C3CCC(CC3)C12. The summed E-state index contributed by atoms with van der Waals surface area (Å²) in [6.45, 7) is 23.5. The highest BCUT2D eigenvalue weighted by Crippen LogP contribution is 2.59. The van der Waals surface area contributed by atoms with Gasteiger partial charge in [-0.25, -0.2) is 4.79 Å². The van der Waals surface area contributed by atoms with Crippen LogP contribution in [0.2, 0.25) is 0 Å². The van der Waals surface area contributed by atoms with Gasteiger partial charge in [-0.1, -0.05) is 45.0 Å². The summed E-state index contributed by atoms with van der Waals surface area (Å²) < 4.78 is 26.8. The highest BCUT2D eigenvalue weighted by atomic mass is 16.6. The molecular formula is C54H80O11. The van der Waals surface area contributed by atoms with Crippen molar-refractivity contribution in [1.29, 1.82) is 0 Å². The van der Waals surface area contributed by atoms with Crippen LogP contribution < -0.4 is 4.74 Å². The maximum absolute atomic E-state index is 12.5. The molecule has 4 unspecified atom stereocenters. The molecule has 1 heterocycles. The van der Waals surface area contributed by atoms with Crippen LogP contribution >= 0.6 is 0 Å². The third-order valence-corrected chi connectivity index (χ3v) is 15.6. The van der Waals surface area contributed by atoms with Crippen molar-refractivity contribution in [3.63, 3.8) is 0 Å². The first kappa shape index (κ1) is 52.0. The van der Waals surface area contributed by atoms with Crippen LogP contribution in [0.25, 0.3) is 10.8 Å². The monoisotopic (exact) mass is 905 g/mol. The van der Waals surface area contributed by atoms with E-state index in [0.29, 0.717) is 64.5 Å². The van der Waals surface area contributed by atoms with Gasteiger partial charge in [-0.3, -0.25) is 19.2 Å². The van der Waals surface area contributed by atoms with Gasteiger partial charge in [0.1, 0.15) is 17.0 Å². The molecule has 8 aliphatic rings. The molecule has 10 rings (SSSR count). The maximum Gasteiger partial charge on any atom is 0.339 e. The number of esters is 5. The maximum atomic E-state index is 12.5. The fourth-order valence-corrected chi connectivity index (χ4v) is 10.9. The molecule has 2 aromatic rings. The van der Waals surface area contributed by atoms with Crippen molar-refractivity contribution in [2.24, 2.45) is 51.8 Å². The average Bonchev–Trinajstić information content (AvgIpc) is 3.66. The standard InChI is InChI=1S/C21H26O4.C16H26O3.C10H14O2.C7H14O2/c1-7-21(5,6)19(23)24-17-13-9-10-14-15(17)11-8-12-16(14)18(22)25-20(2,3)4;1-4-14(2,3)13(17)19-16-8-11-5-12(9-16)7-15(18,6-11)10-16;11-10-9-7-3-1-6(2-4-7)8(9)5-12-10;1-5-7(2,3)6(8)9-4/h8-13H,7H2,1-6H3;11-12,18H,4-10H2,1-3H3;6-9H,1-5H2;5H2,1-4H3. The van der Waals surface area contributed by atoms with Crippen molar-refractivity contribution in [3.05, 3.63) is 42.0 Å². The summed E-state index contributed by atoms with van der Waals surface area (Å²) in [5.41, 5.74) is -2.32. The molecule has 362 valence electrons. The molecule has 0 spiro atoms. The molecule has 0 amide bonds. The van der Waals surface area contributed by atoms with Crippen molar-refractivity contribution < 1.29 is 52.8 Å². The quantitative estimate of drug-likeness (QED) is 0.145. The van der Waals surface area contributed by atoms with E-state index in [9.17, 15) is 29.1 Å². The van der Waals surface area contributed by atoms with Gasteiger partial charge < -0.3 is 28.8 Å². The minimum absolute atomic E-state index is 0.0828. The molecule has 11 nitrogen and oxygen atoms in total. The molecule has 1 N–H and O–H groups in total. The second kappa shape index (κ2) is 20.1. The van der Waals surface area contributed by atoms with Gasteiger partial charge >= 0.3 is 29.8 Å². The van der Waals surface area contributed by atoms with Crippen molar-refractivity contribution in [3.8, 4) is 5.75 Å². The van der Waals surface area contributed by atoms with Gasteiger partial charge in [-0.05, 0) is 181 Å². The number of aliphatic hydroxyl groups is 1. The minimum atomic E-state index is -0.575. The lowest BCUT2D eigenvalue weighted by atomic mass is 9.52. The molecule has 4 atom stereocenters. The summed E-state index contributed by atoms with van der Waals surface area (Å²) in [4.78, 5) is 59.5. The molecule has 65 heavy (non-hydrogen) atoms. The Morgan fingerprint density at radius 2 is 1.23 bits per heavy atom. The minimum Gasteiger partial charge on any atom is -0.469 e. The van der Waals surface area contributed by atoms with Gasteiger partial charge in [0.2, 0.25) is 0 Å². The fraction of sp³-hybridized carbons (Fsp3) is 0.722. The molecule has 1 aliphatic heterocycles. The molecule has 7 aliphatic carbocycles. The second-order valence-corrected chi connectivity index (χ2v) is 23.0. The van der Waals surface area contributed by atoms with Crippen LogP contribution in [-0.4, -0.2) is 65.5 Å². The third kappa shape index (κ3) is 12.3. The zero-order valence-corrected chi connectivity index (χ0v) is 41.9. The zero-order valence-electron chi connectivity index (χ0n) is 41.9. The first-order chi connectivity index (χ1) is 30.2. The molecule has 0 aromatic heterocycles. The zero-order chi connectivity index (χ0) is 48.3. The predicted octanol–water partition coefficient (Wildman–Crippen LogP) is 11.4. The number of rotatable bonds is 9. The first-order valence-corrected chi connectivity index (χ1v) is 24.4. The van der Waals surface area contributed by atoms with Gasteiger partial charge in [0, 0.05) is 17.7 Å². The number of ether oxygens (including phenoxy) is 5. The van der Waals surface area contributed by atoms with Gasteiger partial charge in [-0.15, -0.1) is 0 Å². The van der Waals surface area contributed by atoms with Gasteiger partial charge in [0.25, 0.3) is 0 Å². The highest BCUT2D eigenvalue weighted by Gasteiger charge is 2.59. The summed E-state index contributed by atoms with van der Waals surface area (Å²) in [6, 6.07) is 10.7. The van der Waals surface area contributed by atoms with Gasteiger partial charge in [0.05, 0.1) is 47.0 Å². The van der Waals surface area contributed by atoms with Crippen molar-refractivity contribution >= 4 is 40.6 Å². The van der Waals surface area contributed by atoms with Crippen molar-refractivity contribution in [2.45, 2.75) is 183 Å². The van der Waals surface area contributed by atoms with E-state index in [1.807, 2.05) is 95.2 Å². The number of methoxy groups -OCH3 is 1. The molecule has 11 heteroatoms. The van der Waals surface area contributed by atoms with Crippen LogP contribution in [0.15, 0.2) is 36.4 Å². The molecule has 2 aromatic carbocycles. The van der Waals surface area contributed by atoms with Crippen LogP contribution in [0.5, 0.6) is 5.75 Å². The molecule has 8 fully saturated rings. The summed E-state index contributed by atoms with van der Waals surface area (Å²) in [7, 11) is 1.42. The Morgan fingerprint density at radius 3 is 1.74 bits per heavy atom. The van der Waals surface area contributed by atoms with E-state index in [4.69, 9.17) is 18.9 Å². The lowest BCUT2D eigenvalue weighted by Gasteiger charge is -2.59. The predicted molar refractivity (Wildman–Crippen MR) is 251 cm³/mol. The van der Waals surface area contributed by atoms with E-state index in [2.05, 4.69) is 4.74 Å². The normalized spacial score (nSPS) is 28.5. The summed E-state index contributed by atoms with van der Waals surface area (Å²) in [5, 5.41) is 12.1. The van der Waals surface area contributed by atoms with Crippen LogP contribution in [0, 0.1) is 51.8 Å².